The molecule has 2 aromatic heterocycles. The molecule has 1 amide bonds. The van der Waals surface area contributed by atoms with Crippen molar-refractivity contribution in [3.63, 3.8) is 0 Å². The smallest absolute Gasteiger partial charge is 0.349 e. The first-order chi connectivity index (χ1) is 17.8. The van der Waals surface area contributed by atoms with Crippen molar-refractivity contribution in [2.75, 3.05) is 18.9 Å². The number of carbonyl (C=O) groups excluding carboxylic acids is 2. The molecule has 1 aliphatic carbocycles. The van der Waals surface area contributed by atoms with Gasteiger partial charge in [-0.05, 0) is 73.3 Å². The fourth-order valence-corrected chi connectivity index (χ4v) is 6.53. The van der Waals surface area contributed by atoms with Crippen LogP contribution in [0.3, 0.4) is 0 Å². The third-order valence-electron chi connectivity index (χ3n) is 6.77. The van der Waals surface area contributed by atoms with Gasteiger partial charge in [0.15, 0.2) is 0 Å². The van der Waals surface area contributed by atoms with Crippen LogP contribution in [-0.2, 0) is 26.5 Å². The van der Waals surface area contributed by atoms with E-state index in [1.165, 1.54) is 22.7 Å². The zero-order valence-corrected chi connectivity index (χ0v) is 23.0. The molecular formula is C27H31ClN2O5S2. The zero-order chi connectivity index (χ0) is 26.4. The van der Waals surface area contributed by atoms with Crippen molar-refractivity contribution >= 4 is 51.8 Å². The Bertz CT molecular complexity index is 1140. The number of aliphatic hydroxyl groups is 2. The van der Waals surface area contributed by atoms with Gasteiger partial charge in [-0.25, -0.2) is 4.79 Å². The van der Waals surface area contributed by atoms with Crippen LogP contribution in [0.5, 0.6) is 0 Å². The van der Waals surface area contributed by atoms with E-state index in [2.05, 4.69) is 10.2 Å². The number of aliphatic hydroxyl groups excluding tert-OH is 1. The van der Waals surface area contributed by atoms with E-state index in [1.54, 1.807) is 30.3 Å². The van der Waals surface area contributed by atoms with Gasteiger partial charge in [0.1, 0.15) is 6.10 Å². The van der Waals surface area contributed by atoms with Crippen LogP contribution in [0, 0.1) is 0 Å². The summed E-state index contributed by atoms with van der Waals surface area (Å²) < 4.78 is 5.84. The molecule has 7 nitrogen and oxygen atoms in total. The highest BCUT2D eigenvalue weighted by Crippen LogP contribution is 2.38. The van der Waals surface area contributed by atoms with Crippen LogP contribution in [0.15, 0.2) is 53.2 Å². The number of benzene rings is 1. The highest BCUT2D eigenvalue weighted by atomic mass is 35.5. The van der Waals surface area contributed by atoms with Crippen LogP contribution in [-0.4, -0.2) is 52.7 Å². The lowest BCUT2D eigenvalue weighted by atomic mass is 9.91. The molecule has 1 aromatic carbocycles. The lowest BCUT2D eigenvalue weighted by Crippen LogP contribution is -2.42. The van der Waals surface area contributed by atoms with Gasteiger partial charge in [0.25, 0.3) is 0 Å². The maximum Gasteiger partial charge on any atom is 0.349 e. The molecule has 1 aliphatic rings. The van der Waals surface area contributed by atoms with Crippen LogP contribution in [0.1, 0.15) is 47.4 Å². The predicted molar refractivity (Wildman–Crippen MR) is 147 cm³/mol. The van der Waals surface area contributed by atoms with E-state index in [-0.39, 0.29) is 24.7 Å². The number of ether oxygens (including phenoxy) is 1. The molecule has 0 spiro atoms. The molecule has 0 aliphatic heterocycles. The molecule has 10 heteroatoms. The quantitative estimate of drug-likeness (QED) is 0.301. The third-order valence-corrected chi connectivity index (χ3v) is 9.04. The highest BCUT2D eigenvalue weighted by molar-refractivity contribution is 7.12. The lowest BCUT2D eigenvalue weighted by Gasteiger charge is -2.35. The van der Waals surface area contributed by atoms with E-state index in [1.807, 2.05) is 29.9 Å². The molecule has 0 bridgehead atoms. The van der Waals surface area contributed by atoms with E-state index in [0.717, 1.165) is 12.8 Å². The molecule has 37 heavy (non-hydrogen) atoms. The molecule has 1 fully saturated rings. The van der Waals surface area contributed by atoms with Gasteiger partial charge in [-0.2, -0.15) is 0 Å². The number of halogens is 1. The van der Waals surface area contributed by atoms with E-state index < -0.39 is 11.6 Å². The summed E-state index contributed by atoms with van der Waals surface area (Å²) in [5.74, 6) is -0.758. The predicted octanol–water partition coefficient (Wildman–Crippen LogP) is 5.01. The number of nitrogens with zero attached hydrogens (tertiary/aromatic N) is 1. The van der Waals surface area contributed by atoms with Crippen molar-refractivity contribution in [1.29, 1.82) is 0 Å². The van der Waals surface area contributed by atoms with Crippen LogP contribution in [0.25, 0.3) is 0 Å². The number of amides is 1. The minimum atomic E-state index is -1.79. The SMILES string of the molecule is CN(CCC(=O)Nc1ccc(CO)cc1Cl)C1CCC(OC(=O)C(O)(c2cccs2)c2cccs2)CC1. The molecule has 1 saturated carbocycles. The number of nitrogens with one attached hydrogen (secondary N) is 1. The molecule has 0 unspecified atom stereocenters. The van der Waals surface area contributed by atoms with Crippen molar-refractivity contribution in [1.82, 2.24) is 4.90 Å². The maximum absolute atomic E-state index is 13.2. The summed E-state index contributed by atoms with van der Waals surface area (Å²) in [5, 5.41) is 27.5. The van der Waals surface area contributed by atoms with Gasteiger partial charge in [0.05, 0.1) is 27.1 Å². The Morgan fingerprint density at radius 1 is 1.11 bits per heavy atom. The van der Waals surface area contributed by atoms with Gasteiger partial charge in [-0.1, -0.05) is 29.8 Å². The van der Waals surface area contributed by atoms with Gasteiger partial charge in [0, 0.05) is 19.0 Å². The summed E-state index contributed by atoms with van der Waals surface area (Å²) in [6.45, 7) is 0.480. The second-order valence-corrected chi connectivity index (χ2v) is 11.6. The monoisotopic (exact) mass is 562 g/mol. The van der Waals surface area contributed by atoms with Crippen molar-refractivity contribution in [3.05, 3.63) is 73.6 Å². The second-order valence-electron chi connectivity index (χ2n) is 9.25. The Hall–Kier alpha value is -2.27. The van der Waals surface area contributed by atoms with Gasteiger partial charge in [0.2, 0.25) is 11.5 Å². The summed E-state index contributed by atoms with van der Waals surface area (Å²) in [7, 11) is 2.00. The van der Waals surface area contributed by atoms with Crippen LogP contribution < -0.4 is 5.32 Å². The molecule has 4 rings (SSSR count). The largest absolute Gasteiger partial charge is 0.460 e. The molecule has 0 saturated heterocycles. The van der Waals surface area contributed by atoms with Crippen LogP contribution >= 0.6 is 34.3 Å². The second kappa shape index (κ2) is 12.5. The van der Waals surface area contributed by atoms with Crippen molar-refractivity contribution in [2.45, 2.75) is 56.5 Å². The summed E-state index contributed by atoms with van der Waals surface area (Å²) in [6, 6.07) is 12.5. The summed E-state index contributed by atoms with van der Waals surface area (Å²) in [6.07, 6.45) is 3.13. The molecule has 2 heterocycles. The van der Waals surface area contributed by atoms with E-state index in [4.69, 9.17) is 16.3 Å². The zero-order valence-electron chi connectivity index (χ0n) is 20.6. The lowest BCUT2D eigenvalue weighted by molar-refractivity contribution is -0.169. The first kappa shape index (κ1) is 27.8. The highest BCUT2D eigenvalue weighted by Gasteiger charge is 2.45. The van der Waals surface area contributed by atoms with E-state index in [0.29, 0.717) is 51.8 Å². The van der Waals surface area contributed by atoms with E-state index >= 15 is 0 Å². The molecule has 3 N–H and O–H groups in total. The summed E-state index contributed by atoms with van der Waals surface area (Å²) in [4.78, 5) is 28.9. The minimum Gasteiger partial charge on any atom is -0.460 e. The van der Waals surface area contributed by atoms with Gasteiger partial charge in [-0.15, -0.1) is 22.7 Å². The number of hydrogen-bond donors (Lipinski definition) is 3. The van der Waals surface area contributed by atoms with Gasteiger partial charge in [-0.3, -0.25) is 4.79 Å². The standard InChI is InChI=1S/C27H31ClN2O5S2/c1-30(13-12-25(32)29-22-11-6-18(17-31)16-21(22)28)19-7-9-20(10-8-19)35-26(33)27(34,23-4-2-14-36-23)24-5-3-15-37-24/h2-6,11,14-16,19-20,31,34H,7-10,12-13,17H2,1H3,(H,29,32). The van der Waals surface area contributed by atoms with E-state index in [9.17, 15) is 19.8 Å². The van der Waals surface area contributed by atoms with Crippen molar-refractivity contribution < 1.29 is 24.5 Å². The number of esters is 1. The third kappa shape index (κ3) is 6.60. The average molecular weight is 563 g/mol. The summed E-state index contributed by atoms with van der Waals surface area (Å²) >= 11 is 8.85. The van der Waals surface area contributed by atoms with Crippen LogP contribution in [0.2, 0.25) is 5.02 Å². The van der Waals surface area contributed by atoms with Gasteiger partial charge >= 0.3 is 5.97 Å². The number of anilines is 1. The normalized spacial score (nSPS) is 18.1. The molecular weight excluding hydrogens is 532 g/mol. The number of rotatable bonds is 10. The Balaban J connectivity index is 1.25. The average Bonchev–Trinajstić information content (AvgIpc) is 3.64. The Morgan fingerprint density at radius 2 is 1.76 bits per heavy atom. The fraction of sp³-hybridized carbons (Fsp3) is 0.407. The topological polar surface area (TPSA) is 99.1 Å². The number of thiophene rings is 2. The number of carbonyl (C=O) groups is 2. The Labute approximate surface area is 229 Å². The molecule has 0 atom stereocenters. The molecule has 198 valence electrons. The van der Waals surface area contributed by atoms with Crippen molar-refractivity contribution in [2.24, 2.45) is 0 Å². The maximum atomic E-state index is 13.2. The fourth-order valence-electron chi connectivity index (χ4n) is 4.56. The molecule has 0 radical (unpaired) electrons. The summed E-state index contributed by atoms with van der Waals surface area (Å²) in [5.41, 5.74) is -0.574. The Morgan fingerprint density at radius 3 is 2.30 bits per heavy atom. The first-order valence-corrected chi connectivity index (χ1v) is 14.4. The first-order valence-electron chi connectivity index (χ1n) is 12.2. The number of hydrogen-bond acceptors (Lipinski definition) is 8. The Kier molecular flexibility index (Phi) is 9.39. The molecule has 3 aromatic rings. The van der Waals surface area contributed by atoms with Crippen LogP contribution in [0.4, 0.5) is 5.69 Å². The van der Waals surface area contributed by atoms with Crippen molar-refractivity contribution in [3.8, 4) is 0 Å². The minimum absolute atomic E-state index is 0.107. The van der Waals surface area contributed by atoms with Gasteiger partial charge < -0.3 is 25.2 Å².